The largest absolute Gasteiger partial charge is 0.349 e. The van der Waals surface area contributed by atoms with Crippen LogP contribution in [0.5, 0.6) is 0 Å². The molecule has 4 atom stereocenters. The number of benzene rings is 2. The number of hydrogen-bond donors (Lipinski definition) is 1. The first-order valence-electron chi connectivity index (χ1n) is 11.8. The van der Waals surface area contributed by atoms with Crippen molar-refractivity contribution in [2.75, 3.05) is 0 Å². The van der Waals surface area contributed by atoms with Crippen molar-refractivity contribution in [3.63, 3.8) is 0 Å². The zero-order valence-electron chi connectivity index (χ0n) is 19.6. The fourth-order valence-corrected chi connectivity index (χ4v) is 6.15. The van der Waals surface area contributed by atoms with E-state index in [1.54, 1.807) is 47.3 Å². The first kappa shape index (κ1) is 22.9. The van der Waals surface area contributed by atoms with E-state index in [4.69, 9.17) is 11.6 Å². The third-order valence-electron chi connectivity index (χ3n) is 8.18. The lowest BCUT2D eigenvalue weighted by Gasteiger charge is -2.62. The number of aromatic nitrogens is 2. The van der Waals surface area contributed by atoms with E-state index in [0.717, 1.165) is 6.42 Å². The van der Waals surface area contributed by atoms with E-state index in [1.165, 1.54) is 23.2 Å². The predicted octanol–water partition coefficient (Wildman–Crippen LogP) is 5.28. The van der Waals surface area contributed by atoms with E-state index in [-0.39, 0.29) is 29.9 Å². The molecule has 1 amide bonds. The first-order valence-corrected chi connectivity index (χ1v) is 12.2. The van der Waals surface area contributed by atoms with Gasteiger partial charge < -0.3 is 5.32 Å². The van der Waals surface area contributed by atoms with Crippen LogP contribution in [-0.4, -0.2) is 21.3 Å². The number of rotatable bonds is 5. The van der Waals surface area contributed by atoms with Crippen LogP contribution in [0.15, 0.2) is 59.5 Å². The molecule has 3 aromatic rings. The fourth-order valence-electron chi connectivity index (χ4n) is 6.02. The molecule has 2 aromatic carbocycles. The summed E-state index contributed by atoms with van der Waals surface area (Å²) in [6.07, 6.45) is 3.72. The van der Waals surface area contributed by atoms with Crippen molar-refractivity contribution in [2.45, 2.75) is 46.2 Å². The molecule has 178 valence electrons. The molecule has 2 bridgehead atoms. The van der Waals surface area contributed by atoms with Crippen LogP contribution in [0.2, 0.25) is 5.02 Å². The Hall–Kier alpha value is -2.86. The third-order valence-corrected chi connectivity index (χ3v) is 8.43. The summed E-state index contributed by atoms with van der Waals surface area (Å²) >= 11 is 6.04. The molecule has 0 aliphatic heterocycles. The van der Waals surface area contributed by atoms with Crippen molar-refractivity contribution in [3.8, 4) is 5.69 Å². The summed E-state index contributed by atoms with van der Waals surface area (Å²) in [5, 5.41) is 3.70. The van der Waals surface area contributed by atoms with E-state index < -0.39 is 5.56 Å². The maximum absolute atomic E-state index is 13.8. The van der Waals surface area contributed by atoms with Gasteiger partial charge in [0.05, 0.1) is 12.2 Å². The molecular weight excluding hydrogens is 453 g/mol. The molecule has 7 heteroatoms. The van der Waals surface area contributed by atoms with Crippen LogP contribution in [0.1, 0.15) is 49.5 Å². The SMILES string of the molecule is C[C@@H]1C2C[C@@H](C[C@H]1NC(=O)c1cn(Cc3cccc(F)c3)n(-c3ccc(Cl)cc3)c1=O)C2(C)C. The van der Waals surface area contributed by atoms with Crippen molar-refractivity contribution >= 4 is 17.5 Å². The van der Waals surface area contributed by atoms with Gasteiger partial charge in [-0.1, -0.05) is 44.5 Å². The smallest absolute Gasteiger partial charge is 0.284 e. The monoisotopic (exact) mass is 481 g/mol. The van der Waals surface area contributed by atoms with Crippen molar-refractivity contribution < 1.29 is 9.18 Å². The Kier molecular flexibility index (Phi) is 5.67. The highest BCUT2D eigenvalue weighted by molar-refractivity contribution is 6.30. The molecule has 3 aliphatic carbocycles. The molecule has 3 fully saturated rings. The molecule has 0 spiro atoms. The van der Waals surface area contributed by atoms with Gasteiger partial charge in [-0.15, -0.1) is 0 Å². The van der Waals surface area contributed by atoms with Gasteiger partial charge in [-0.2, -0.15) is 0 Å². The molecule has 3 saturated carbocycles. The molecule has 1 unspecified atom stereocenters. The van der Waals surface area contributed by atoms with E-state index >= 15 is 0 Å². The van der Waals surface area contributed by atoms with Crippen molar-refractivity contribution in [1.29, 1.82) is 0 Å². The maximum Gasteiger partial charge on any atom is 0.284 e. The Morgan fingerprint density at radius 1 is 1.18 bits per heavy atom. The van der Waals surface area contributed by atoms with Gasteiger partial charge in [0, 0.05) is 17.3 Å². The second-order valence-electron chi connectivity index (χ2n) is 10.4. The zero-order chi connectivity index (χ0) is 24.2. The van der Waals surface area contributed by atoms with Gasteiger partial charge in [0.15, 0.2) is 0 Å². The molecule has 6 rings (SSSR count). The van der Waals surface area contributed by atoms with Crippen molar-refractivity contribution in [3.05, 3.63) is 87.0 Å². The fraction of sp³-hybridized carbons (Fsp3) is 0.407. The minimum Gasteiger partial charge on any atom is -0.349 e. The Morgan fingerprint density at radius 3 is 2.56 bits per heavy atom. The zero-order valence-corrected chi connectivity index (χ0v) is 20.3. The second kappa shape index (κ2) is 8.42. The quantitative estimate of drug-likeness (QED) is 0.539. The first-order chi connectivity index (χ1) is 16.1. The number of carbonyl (C=O) groups is 1. The van der Waals surface area contributed by atoms with Crippen LogP contribution >= 0.6 is 11.6 Å². The Balaban J connectivity index is 1.47. The topological polar surface area (TPSA) is 56.0 Å². The van der Waals surface area contributed by atoms with Crippen LogP contribution in [0.3, 0.4) is 0 Å². The lowest BCUT2D eigenvalue weighted by molar-refractivity contribution is -0.113. The minimum absolute atomic E-state index is 0.0548. The van der Waals surface area contributed by atoms with Gasteiger partial charge in [0.25, 0.3) is 11.5 Å². The summed E-state index contributed by atoms with van der Waals surface area (Å²) in [7, 11) is 0. The molecule has 0 radical (unpaired) electrons. The average Bonchev–Trinajstić information content (AvgIpc) is 3.11. The molecule has 34 heavy (non-hydrogen) atoms. The number of nitrogens with one attached hydrogen (secondary N) is 1. The van der Waals surface area contributed by atoms with Crippen LogP contribution in [0.4, 0.5) is 4.39 Å². The Morgan fingerprint density at radius 2 is 1.91 bits per heavy atom. The van der Waals surface area contributed by atoms with Crippen molar-refractivity contribution in [1.82, 2.24) is 14.7 Å². The molecule has 1 N–H and O–H groups in total. The number of fused-ring (bicyclic) bond motifs is 2. The summed E-state index contributed by atoms with van der Waals surface area (Å²) in [4.78, 5) is 26.7. The lowest BCUT2D eigenvalue weighted by atomic mass is 9.45. The van der Waals surface area contributed by atoms with Gasteiger partial charge in [-0.05, 0) is 78.0 Å². The van der Waals surface area contributed by atoms with Crippen LogP contribution in [0.25, 0.3) is 5.69 Å². The highest BCUT2D eigenvalue weighted by Crippen LogP contribution is 2.61. The Bertz CT molecular complexity index is 1290. The standard InChI is InChI=1S/C27H29ClFN3O2/c1-16-23-12-18(27(23,2)3)13-24(16)30-25(33)22-15-31(14-17-5-4-6-20(29)11-17)32(26(22)34)21-9-7-19(28)8-10-21/h4-11,15-16,18,23-24H,12-14H2,1-3H3,(H,30,33)/t16-,18+,23?,24-/m1/s1. The number of hydrogen-bond acceptors (Lipinski definition) is 2. The normalized spacial score (nSPS) is 25.0. The van der Waals surface area contributed by atoms with E-state index in [1.807, 2.05) is 0 Å². The second-order valence-corrected chi connectivity index (χ2v) is 10.8. The third kappa shape index (κ3) is 3.88. The van der Waals surface area contributed by atoms with Gasteiger partial charge in [-0.25, -0.2) is 9.07 Å². The van der Waals surface area contributed by atoms with Crippen LogP contribution in [0, 0.1) is 29.0 Å². The van der Waals surface area contributed by atoms with Gasteiger partial charge in [-0.3, -0.25) is 14.3 Å². The summed E-state index contributed by atoms with van der Waals surface area (Å²) < 4.78 is 16.9. The van der Waals surface area contributed by atoms with E-state index in [0.29, 0.717) is 39.4 Å². The molecule has 3 aliphatic rings. The van der Waals surface area contributed by atoms with Crippen molar-refractivity contribution in [2.24, 2.45) is 23.2 Å². The summed E-state index contributed by atoms with van der Waals surface area (Å²) in [6, 6.07) is 13.1. The summed E-state index contributed by atoms with van der Waals surface area (Å²) in [5.41, 5.74) is 1.25. The van der Waals surface area contributed by atoms with Gasteiger partial charge >= 0.3 is 0 Å². The van der Waals surface area contributed by atoms with Gasteiger partial charge in [0.2, 0.25) is 0 Å². The molecule has 0 saturated heterocycles. The number of amides is 1. The van der Waals surface area contributed by atoms with Crippen LogP contribution in [-0.2, 0) is 6.54 Å². The highest BCUT2D eigenvalue weighted by atomic mass is 35.5. The predicted molar refractivity (Wildman–Crippen MR) is 131 cm³/mol. The maximum atomic E-state index is 13.8. The van der Waals surface area contributed by atoms with Crippen LogP contribution < -0.4 is 10.9 Å². The van der Waals surface area contributed by atoms with Gasteiger partial charge in [0.1, 0.15) is 11.4 Å². The van der Waals surface area contributed by atoms with E-state index in [9.17, 15) is 14.0 Å². The molecule has 1 aromatic heterocycles. The summed E-state index contributed by atoms with van der Waals surface area (Å²) in [5.74, 6) is 0.830. The number of halogens is 2. The number of nitrogens with zero attached hydrogens (tertiary/aromatic N) is 2. The Labute approximate surface area is 203 Å². The highest BCUT2D eigenvalue weighted by Gasteiger charge is 2.56. The minimum atomic E-state index is -0.412. The molecule has 1 heterocycles. The lowest BCUT2D eigenvalue weighted by Crippen LogP contribution is -2.60. The molecular formula is C27H29ClFN3O2. The molecule has 5 nitrogen and oxygen atoms in total. The van der Waals surface area contributed by atoms with E-state index in [2.05, 4.69) is 26.1 Å². The average molecular weight is 482 g/mol. The summed E-state index contributed by atoms with van der Waals surface area (Å²) in [6.45, 7) is 7.07. The number of carbonyl (C=O) groups excluding carboxylic acids is 1.